The summed E-state index contributed by atoms with van der Waals surface area (Å²) in [5.41, 5.74) is -1.09. The van der Waals surface area contributed by atoms with Gasteiger partial charge in [0.05, 0.1) is 6.61 Å². The van der Waals surface area contributed by atoms with Gasteiger partial charge < -0.3 is 9.47 Å². The van der Waals surface area contributed by atoms with Crippen LogP contribution in [0, 0.1) is 11.6 Å². The van der Waals surface area contributed by atoms with Crippen LogP contribution in [0.4, 0.5) is 8.78 Å². The van der Waals surface area contributed by atoms with E-state index in [0.717, 1.165) is 12.1 Å². The number of hydrogen-bond acceptors (Lipinski definition) is 4. The zero-order valence-electron chi connectivity index (χ0n) is 11.8. The fraction of sp³-hybridized carbons (Fsp3) is 0.500. The third kappa shape index (κ3) is 4.16. The first-order valence-corrected chi connectivity index (χ1v) is 6.43. The molecule has 1 aromatic carbocycles. The number of nitrogens with one attached hydrogen (secondary N) is 1. The zero-order chi connectivity index (χ0) is 15.2. The molecule has 1 atom stereocenters. The molecule has 0 aliphatic rings. The Bertz CT molecular complexity index is 468. The normalized spacial score (nSPS) is 13.7. The molecule has 0 aliphatic heterocycles. The smallest absolute Gasteiger partial charge is 0.329 e. The van der Waals surface area contributed by atoms with Crippen LogP contribution in [0.2, 0.25) is 0 Å². The Morgan fingerprint density at radius 2 is 2.05 bits per heavy atom. The lowest BCUT2D eigenvalue weighted by molar-refractivity contribution is -0.151. The van der Waals surface area contributed by atoms with E-state index in [1.165, 1.54) is 6.07 Å². The predicted octanol–water partition coefficient (Wildman–Crippen LogP) is 2.27. The highest BCUT2D eigenvalue weighted by Crippen LogP contribution is 2.19. The lowest BCUT2D eigenvalue weighted by Gasteiger charge is -2.28. The van der Waals surface area contributed by atoms with Crippen molar-refractivity contribution in [3.8, 4) is 5.75 Å². The zero-order valence-corrected chi connectivity index (χ0v) is 11.8. The second kappa shape index (κ2) is 7.19. The number of benzene rings is 1. The summed E-state index contributed by atoms with van der Waals surface area (Å²) >= 11 is 0. The van der Waals surface area contributed by atoms with Gasteiger partial charge in [-0.25, -0.2) is 13.6 Å². The van der Waals surface area contributed by atoms with Crippen molar-refractivity contribution in [1.29, 1.82) is 0 Å². The summed E-state index contributed by atoms with van der Waals surface area (Å²) in [6.07, 6.45) is 0. The minimum absolute atomic E-state index is 0.111. The van der Waals surface area contributed by atoms with E-state index in [1.807, 2.05) is 6.92 Å². The van der Waals surface area contributed by atoms with Crippen molar-refractivity contribution < 1.29 is 23.0 Å². The molecule has 0 aromatic heterocycles. The number of rotatable bonds is 7. The summed E-state index contributed by atoms with van der Waals surface area (Å²) in [6, 6.07) is 3.00. The molecular weight excluding hydrogens is 268 g/mol. The fourth-order valence-electron chi connectivity index (χ4n) is 1.68. The maximum Gasteiger partial charge on any atom is 0.329 e. The molecular formula is C14H19F2NO3. The van der Waals surface area contributed by atoms with Crippen LogP contribution >= 0.6 is 0 Å². The van der Waals surface area contributed by atoms with Gasteiger partial charge in [0.2, 0.25) is 0 Å². The van der Waals surface area contributed by atoms with Gasteiger partial charge in [-0.2, -0.15) is 0 Å². The number of hydrogen-bond donors (Lipinski definition) is 1. The Kier molecular flexibility index (Phi) is 5.88. The molecule has 1 aromatic rings. The van der Waals surface area contributed by atoms with Gasteiger partial charge in [-0.1, -0.05) is 6.92 Å². The monoisotopic (exact) mass is 287 g/mol. The van der Waals surface area contributed by atoms with Crippen molar-refractivity contribution in [2.75, 3.05) is 19.8 Å². The quantitative estimate of drug-likeness (QED) is 0.782. The van der Waals surface area contributed by atoms with Crippen LogP contribution in [-0.4, -0.2) is 31.3 Å². The lowest BCUT2D eigenvalue weighted by atomic mass is 10.0. The third-order valence-corrected chi connectivity index (χ3v) is 2.70. The van der Waals surface area contributed by atoms with Gasteiger partial charge in [0, 0.05) is 6.07 Å². The standard InChI is InChI=1S/C14H19F2NO3/c1-4-17-14(3,13(18)19-5-2)9-20-12-7-6-10(15)8-11(12)16/h6-8,17H,4-5,9H2,1-3H3. The molecule has 20 heavy (non-hydrogen) atoms. The van der Waals surface area contributed by atoms with E-state index < -0.39 is 23.1 Å². The summed E-state index contributed by atoms with van der Waals surface area (Å²) < 4.78 is 36.5. The molecule has 0 heterocycles. The van der Waals surface area contributed by atoms with Crippen molar-refractivity contribution in [3.05, 3.63) is 29.8 Å². The van der Waals surface area contributed by atoms with Gasteiger partial charge in [0.15, 0.2) is 11.6 Å². The molecule has 0 saturated heterocycles. The van der Waals surface area contributed by atoms with E-state index in [2.05, 4.69) is 5.32 Å². The van der Waals surface area contributed by atoms with Gasteiger partial charge in [-0.3, -0.25) is 5.32 Å². The third-order valence-electron chi connectivity index (χ3n) is 2.70. The second-order valence-corrected chi connectivity index (χ2v) is 4.45. The Labute approximate surface area is 117 Å². The molecule has 0 amide bonds. The summed E-state index contributed by atoms with van der Waals surface area (Å²) in [4.78, 5) is 11.9. The van der Waals surface area contributed by atoms with Crippen LogP contribution in [0.25, 0.3) is 0 Å². The molecule has 0 radical (unpaired) electrons. The maximum absolute atomic E-state index is 13.5. The van der Waals surface area contributed by atoms with Gasteiger partial charge >= 0.3 is 5.97 Å². The fourth-order valence-corrected chi connectivity index (χ4v) is 1.68. The van der Waals surface area contributed by atoms with E-state index in [9.17, 15) is 13.6 Å². The molecule has 1 N–H and O–H groups in total. The van der Waals surface area contributed by atoms with Gasteiger partial charge in [-0.05, 0) is 32.5 Å². The Hall–Kier alpha value is -1.69. The minimum atomic E-state index is -1.09. The highest BCUT2D eigenvalue weighted by molar-refractivity contribution is 5.80. The average Bonchev–Trinajstić information content (AvgIpc) is 2.38. The largest absolute Gasteiger partial charge is 0.488 e. The van der Waals surface area contributed by atoms with Gasteiger partial charge in [-0.15, -0.1) is 0 Å². The van der Waals surface area contributed by atoms with Crippen molar-refractivity contribution in [2.45, 2.75) is 26.3 Å². The summed E-state index contributed by atoms with van der Waals surface area (Å²) in [6.45, 7) is 5.77. The van der Waals surface area contributed by atoms with Gasteiger partial charge in [0.1, 0.15) is 18.0 Å². The number of halogens is 2. The van der Waals surface area contributed by atoms with Crippen LogP contribution in [0.5, 0.6) is 5.75 Å². The topological polar surface area (TPSA) is 47.6 Å². The van der Waals surface area contributed by atoms with Crippen LogP contribution in [0.1, 0.15) is 20.8 Å². The van der Waals surface area contributed by atoms with Crippen molar-refractivity contribution in [2.24, 2.45) is 0 Å². The van der Waals surface area contributed by atoms with Crippen LogP contribution < -0.4 is 10.1 Å². The van der Waals surface area contributed by atoms with E-state index >= 15 is 0 Å². The van der Waals surface area contributed by atoms with E-state index in [4.69, 9.17) is 9.47 Å². The van der Waals surface area contributed by atoms with Crippen molar-refractivity contribution in [3.63, 3.8) is 0 Å². The molecule has 0 aliphatic carbocycles. The van der Waals surface area contributed by atoms with Crippen LogP contribution in [0.15, 0.2) is 18.2 Å². The van der Waals surface area contributed by atoms with E-state index in [1.54, 1.807) is 13.8 Å². The van der Waals surface area contributed by atoms with Crippen molar-refractivity contribution >= 4 is 5.97 Å². The molecule has 6 heteroatoms. The van der Waals surface area contributed by atoms with Crippen LogP contribution in [0.3, 0.4) is 0 Å². The minimum Gasteiger partial charge on any atom is -0.488 e. The molecule has 0 bridgehead atoms. The van der Waals surface area contributed by atoms with Gasteiger partial charge in [0.25, 0.3) is 0 Å². The Morgan fingerprint density at radius 3 is 2.60 bits per heavy atom. The average molecular weight is 287 g/mol. The summed E-state index contributed by atoms with van der Waals surface area (Å²) in [7, 11) is 0. The Balaban J connectivity index is 2.78. The first-order valence-electron chi connectivity index (χ1n) is 6.43. The molecule has 0 saturated carbocycles. The first-order chi connectivity index (χ1) is 9.42. The van der Waals surface area contributed by atoms with Crippen LogP contribution in [-0.2, 0) is 9.53 Å². The second-order valence-electron chi connectivity index (χ2n) is 4.45. The molecule has 0 fully saturated rings. The summed E-state index contributed by atoms with van der Waals surface area (Å²) in [5, 5.41) is 2.95. The number of carbonyl (C=O) groups is 1. The Morgan fingerprint density at radius 1 is 1.35 bits per heavy atom. The highest BCUT2D eigenvalue weighted by atomic mass is 19.1. The number of esters is 1. The molecule has 1 unspecified atom stereocenters. The highest BCUT2D eigenvalue weighted by Gasteiger charge is 2.35. The number of ether oxygens (including phenoxy) is 2. The van der Waals surface area contributed by atoms with Crippen molar-refractivity contribution in [1.82, 2.24) is 5.32 Å². The van der Waals surface area contributed by atoms with E-state index in [0.29, 0.717) is 6.54 Å². The SMILES string of the molecule is CCNC(C)(COc1ccc(F)cc1F)C(=O)OCC. The molecule has 4 nitrogen and oxygen atoms in total. The first kappa shape index (κ1) is 16.4. The summed E-state index contributed by atoms with van der Waals surface area (Å²) in [5.74, 6) is -2.09. The van der Waals surface area contributed by atoms with E-state index in [-0.39, 0.29) is 19.0 Å². The predicted molar refractivity (Wildman–Crippen MR) is 70.6 cm³/mol. The molecule has 1 rings (SSSR count). The molecule has 112 valence electrons. The molecule has 0 spiro atoms. The number of likely N-dealkylation sites (N-methyl/N-ethyl adjacent to an activating group) is 1. The lowest BCUT2D eigenvalue weighted by Crippen LogP contribution is -2.54. The maximum atomic E-state index is 13.5. The number of carbonyl (C=O) groups excluding carboxylic acids is 1.